The molecular weight excluding hydrogens is 407 g/mol. The maximum absolute atomic E-state index is 12.8. The van der Waals surface area contributed by atoms with Gasteiger partial charge in [-0.15, -0.1) is 0 Å². The van der Waals surface area contributed by atoms with E-state index in [1.165, 1.54) is 0 Å². The molecule has 2 heterocycles. The molecule has 0 aliphatic carbocycles. The fourth-order valence-electron chi connectivity index (χ4n) is 4.25. The van der Waals surface area contributed by atoms with Crippen molar-refractivity contribution in [2.75, 3.05) is 6.61 Å². The molecule has 2 aliphatic rings. The SMILES string of the molecule is O=C(OCc1ccccc1)N1C2C=C(c3ccc(OCC(F)(F)F)cc3)CC1CCC2. The minimum absolute atomic E-state index is 0.0353. The van der Waals surface area contributed by atoms with E-state index in [4.69, 9.17) is 9.47 Å². The molecule has 7 heteroatoms. The van der Waals surface area contributed by atoms with E-state index in [-0.39, 0.29) is 30.5 Å². The summed E-state index contributed by atoms with van der Waals surface area (Å²) < 4.78 is 47.3. The zero-order chi connectivity index (χ0) is 21.8. The van der Waals surface area contributed by atoms with Gasteiger partial charge in [-0.1, -0.05) is 48.5 Å². The molecule has 2 unspecified atom stereocenters. The number of hydrogen-bond acceptors (Lipinski definition) is 3. The van der Waals surface area contributed by atoms with Crippen LogP contribution in [0.25, 0.3) is 5.57 Å². The summed E-state index contributed by atoms with van der Waals surface area (Å²) in [6.07, 6.45) is 0.940. The molecule has 2 bridgehead atoms. The van der Waals surface area contributed by atoms with Crippen molar-refractivity contribution in [3.8, 4) is 5.75 Å². The first-order chi connectivity index (χ1) is 14.9. The Bertz CT molecular complexity index is 925. The van der Waals surface area contributed by atoms with E-state index in [0.29, 0.717) is 6.42 Å². The van der Waals surface area contributed by atoms with Gasteiger partial charge in [0.05, 0.1) is 6.04 Å². The van der Waals surface area contributed by atoms with Crippen molar-refractivity contribution in [2.24, 2.45) is 0 Å². The van der Waals surface area contributed by atoms with Gasteiger partial charge in [0.15, 0.2) is 6.61 Å². The second-order valence-electron chi connectivity index (χ2n) is 7.92. The van der Waals surface area contributed by atoms with Crippen LogP contribution in [0, 0.1) is 0 Å². The predicted molar refractivity (Wildman–Crippen MR) is 110 cm³/mol. The number of piperidine rings is 1. The highest BCUT2D eigenvalue weighted by atomic mass is 19.4. The fourth-order valence-corrected chi connectivity index (χ4v) is 4.25. The molecule has 2 atom stereocenters. The molecule has 164 valence electrons. The highest BCUT2D eigenvalue weighted by Crippen LogP contribution is 2.38. The highest BCUT2D eigenvalue weighted by molar-refractivity contribution is 5.74. The van der Waals surface area contributed by atoms with Crippen molar-refractivity contribution < 1.29 is 27.4 Å². The largest absolute Gasteiger partial charge is 0.484 e. The molecule has 1 fully saturated rings. The zero-order valence-electron chi connectivity index (χ0n) is 17.0. The summed E-state index contributed by atoms with van der Waals surface area (Å²) in [4.78, 5) is 14.6. The van der Waals surface area contributed by atoms with Crippen molar-refractivity contribution in [2.45, 2.75) is 50.6 Å². The normalized spacial score (nSPS) is 20.7. The first-order valence-electron chi connectivity index (χ1n) is 10.4. The smallest absolute Gasteiger partial charge is 0.422 e. The van der Waals surface area contributed by atoms with Crippen molar-refractivity contribution in [1.29, 1.82) is 0 Å². The predicted octanol–water partition coefficient (Wildman–Crippen LogP) is 5.97. The van der Waals surface area contributed by atoms with E-state index in [1.807, 2.05) is 35.2 Å². The number of alkyl halides is 3. The summed E-state index contributed by atoms with van der Waals surface area (Å²) in [5.41, 5.74) is 2.99. The third kappa shape index (κ3) is 5.40. The first-order valence-corrected chi connectivity index (χ1v) is 10.4. The third-order valence-electron chi connectivity index (χ3n) is 5.68. The van der Waals surface area contributed by atoms with Gasteiger partial charge in [0, 0.05) is 6.04 Å². The number of nitrogens with zero attached hydrogens (tertiary/aromatic N) is 1. The molecule has 0 aromatic heterocycles. The van der Waals surface area contributed by atoms with Gasteiger partial charge in [-0.2, -0.15) is 13.2 Å². The molecule has 0 radical (unpaired) electrons. The fraction of sp³-hybridized carbons (Fsp3) is 0.375. The maximum atomic E-state index is 12.8. The van der Waals surface area contributed by atoms with Crippen LogP contribution >= 0.6 is 0 Å². The summed E-state index contributed by atoms with van der Waals surface area (Å²) in [5, 5.41) is 0. The summed E-state index contributed by atoms with van der Waals surface area (Å²) in [6.45, 7) is -1.06. The van der Waals surface area contributed by atoms with Crippen LogP contribution in [0.3, 0.4) is 0 Å². The molecule has 1 saturated heterocycles. The lowest BCUT2D eigenvalue weighted by Crippen LogP contribution is -2.51. The second kappa shape index (κ2) is 9.04. The molecule has 2 aromatic rings. The average Bonchev–Trinajstić information content (AvgIpc) is 2.76. The summed E-state index contributed by atoms with van der Waals surface area (Å²) >= 11 is 0. The van der Waals surface area contributed by atoms with Crippen LogP contribution in [0.1, 0.15) is 36.8 Å². The Morgan fingerprint density at radius 3 is 2.45 bits per heavy atom. The van der Waals surface area contributed by atoms with E-state index in [1.54, 1.807) is 24.3 Å². The first kappa shape index (κ1) is 21.3. The lowest BCUT2D eigenvalue weighted by molar-refractivity contribution is -0.153. The van der Waals surface area contributed by atoms with Crippen LogP contribution in [0.15, 0.2) is 60.7 Å². The van der Waals surface area contributed by atoms with Crippen LogP contribution in [0.4, 0.5) is 18.0 Å². The number of fused-ring (bicyclic) bond motifs is 2. The number of benzene rings is 2. The van der Waals surface area contributed by atoms with Gasteiger partial charge in [-0.25, -0.2) is 4.79 Å². The van der Waals surface area contributed by atoms with Gasteiger partial charge in [-0.3, -0.25) is 4.90 Å². The van der Waals surface area contributed by atoms with E-state index in [0.717, 1.165) is 36.0 Å². The molecule has 0 saturated carbocycles. The van der Waals surface area contributed by atoms with Gasteiger partial charge < -0.3 is 9.47 Å². The Hall–Kier alpha value is -2.96. The molecular formula is C24H24F3NO3. The molecule has 0 N–H and O–H groups in total. The van der Waals surface area contributed by atoms with Gasteiger partial charge >= 0.3 is 12.3 Å². The number of carbonyl (C=O) groups excluding carboxylic acids is 1. The zero-order valence-corrected chi connectivity index (χ0v) is 17.0. The minimum atomic E-state index is -4.36. The molecule has 2 aromatic carbocycles. The van der Waals surface area contributed by atoms with Gasteiger partial charge in [0.25, 0.3) is 0 Å². The van der Waals surface area contributed by atoms with Crippen LogP contribution < -0.4 is 4.74 Å². The van der Waals surface area contributed by atoms with Crippen molar-refractivity contribution in [3.05, 3.63) is 71.8 Å². The Kier molecular flexibility index (Phi) is 6.20. The Morgan fingerprint density at radius 1 is 1.03 bits per heavy atom. The van der Waals surface area contributed by atoms with Gasteiger partial charge in [0.1, 0.15) is 12.4 Å². The molecule has 2 aliphatic heterocycles. The number of rotatable bonds is 5. The summed E-state index contributed by atoms with van der Waals surface area (Å²) in [5.74, 6) is 0.184. The summed E-state index contributed by atoms with van der Waals surface area (Å²) in [6, 6.07) is 16.3. The molecule has 1 amide bonds. The molecule has 0 spiro atoms. The van der Waals surface area contributed by atoms with E-state index in [2.05, 4.69) is 6.08 Å². The third-order valence-corrected chi connectivity index (χ3v) is 5.68. The number of hydrogen-bond donors (Lipinski definition) is 0. The number of halogens is 3. The van der Waals surface area contributed by atoms with E-state index in [9.17, 15) is 18.0 Å². The standard InChI is InChI=1S/C24H24F3NO3/c25-24(26,27)16-31-22-11-9-18(10-12-22)19-13-20-7-4-8-21(14-19)28(20)23(29)30-15-17-5-2-1-3-6-17/h1-3,5-6,9-13,20-21H,4,7-8,14-16H2. The van der Waals surface area contributed by atoms with Crippen molar-refractivity contribution in [1.82, 2.24) is 4.90 Å². The quantitative estimate of drug-likeness (QED) is 0.585. The van der Waals surface area contributed by atoms with E-state index >= 15 is 0 Å². The van der Waals surface area contributed by atoms with Crippen LogP contribution in [0.5, 0.6) is 5.75 Å². The topological polar surface area (TPSA) is 38.8 Å². The Balaban J connectivity index is 1.42. The summed E-state index contributed by atoms with van der Waals surface area (Å²) in [7, 11) is 0. The lowest BCUT2D eigenvalue weighted by Gasteiger charge is -2.44. The van der Waals surface area contributed by atoms with Crippen LogP contribution in [0.2, 0.25) is 0 Å². The van der Waals surface area contributed by atoms with Gasteiger partial charge in [-0.05, 0) is 54.5 Å². The van der Waals surface area contributed by atoms with Crippen LogP contribution in [-0.2, 0) is 11.3 Å². The minimum Gasteiger partial charge on any atom is -0.484 e. The number of carbonyl (C=O) groups is 1. The number of ether oxygens (including phenoxy) is 2. The lowest BCUT2D eigenvalue weighted by atomic mass is 9.83. The number of amides is 1. The second-order valence-corrected chi connectivity index (χ2v) is 7.92. The average molecular weight is 431 g/mol. The van der Waals surface area contributed by atoms with Crippen molar-refractivity contribution >= 4 is 11.7 Å². The highest BCUT2D eigenvalue weighted by Gasteiger charge is 2.38. The van der Waals surface area contributed by atoms with Crippen LogP contribution in [-0.4, -0.2) is 35.9 Å². The Morgan fingerprint density at radius 2 is 1.77 bits per heavy atom. The molecule has 4 nitrogen and oxygen atoms in total. The molecule has 31 heavy (non-hydrogen) atoms. The maximum Gasteiger partial charge on any atom is 0.422 e. The van der Waals surface area contributed by atoms with E-state index < -0.39 is 12.8 Å². The monoisotopic (exact) mass is 431 g/mol. The Labute approximate surface area is 179 Å². The van der Waals surface area contributed by atoms with Gasteiger partial charge in [0.2, 0.25) is 0 Å². The molecule has 4 rings (SSSR count). The van der Waals surface area contributed by atoms with Crippen molar-refractivity contribution in [3.63, 3.8) is 0 Å².